The lowest BCUT2D eigenvalue weighted by molar-refractivity contribution is -0.0861. The third-order valence-electron chi connectivity index (χ3n) is 2.74. The van der Waals surface area contributed by atoms with Crippen molar-refractivity contribution in [3.63, 3.8) is 0 Å². The first kappa shape index (κ1) is 14.9. The van der Waals surface area contributed by atoms with Gasteiger partial charge in [0.1, 0.15) is 0 Å². The Morgan fingerprint density at radius 1 is 1.29 bits per heavy atom. The maximum absolute atomic E-state index is 11.8. The van der Waals surface area contributed by atoms with Crippen LogP contribution in [0.25, 0.3) is 0 Å². The Balaban J connectivity index is 2.19. The molecule has 5 nitrogen and oxygen atoms in total. The van der Waals surface area contributed by atoms with Crippen LogP contribution in [0.2, 0.25) is 0 Å². The fraction of sp³-hybridized carbons (Fsp3) is 1.00. The molecule has 1 atom stereocenters. The highest BCUT2D eigenvalue weighted by molar-refractivity contribution is 7.92. The van der Waals surface area contributed by atoms with Crippen molar-refractivity contribution in [2.45, 2.75) is 31.6 Å². The van der Waals surface area contributed by atoms with Gasteiger partial charge in [-0.05, 0) is 20.8 Å². The van der Waals surface area contributed by atoms with Gasteiger partial charge in [0.15, 0.2) is 9.84 Å². The number of sulfone groups is 1. The van der Waals surface area contributed by atoms with E-state index < -0.39 is 14.6 Å². The highest BCUT2D eigenvalue weighted by Gasteiger charge is 2.28. The van der Waals surface area contributed by atoms with Crippen molar-refractivity contribution in [3.05, 3.63) is 0 Å². The summed E-state index contributed by atoms with van der Waals surface area (Å²) in [6.07, 6.45) is 0.0427. The van der Waals surface area contributed by atoms with Gasteiger partial charge in [0.2, 0.25) is 0 Å². The van der Waals surface area contributed by atoms with Crippen LogP contribution in [-0.4, -0.2) is 57.9 Å². The maximum Gasteiger partial charge on any atom is 0.156 e. The van der Waals surface area contributed by atoms with Gasteiger partial charge in [-0.25, -0.2) is 8.42 Å². The van der Waals surface area contributed by atoms with Gasteiger partial charge in [0.25, 0.3) is 0 Å². The molecule has 1 fully saturated rings. The lowest BCUT2D eigenvalue weighted by Crippen LogP contribution is -2.40. The number of ether oxygens (including phenoxy) is 2. The van der Waals surface area contributed by atoms with E-state index in [2.05, 4.69) is 5.32 Å². The number of nitrogens with one attached hydrogen (secondary N) is 1. The normalized spacial score (nSPS) is 22.6. The van der Waals surface area contributed by atoms with Gasteiger partial charge in [0, 0.05) is 13.1 Å². The van der Waals surface area contributed by atoms with Gasteiger partial charge in [-0.1, -0.05) is 0 Å². The molecular formula is C11H23NO4S. The van der Waals surface area contributed by atoms with E-state index >= 15 is 0 Å². The second kappa shape index (κ2) is 6.13. The Bertz CT molecular complexity index is 315. The number of hydrogen-bond acceptors (Lipinski definition) is 5. The topological polar surface area (TPSA) is 64.6 Å². The molecule has 1 rings (SSSR count). The molecule has 1 unspecified atom stereocenters. The van der Waals surface area contributed by atoms with Crippen LogP contribution in [0.3, 0.4) is 0 Å². The molecule has 0 amide bonds. The first-order valence-corrected chi connectivity index (χ1v) is 7.60. The molecule has 1 aliphatic heterocycles. The number of rotatable bonds is 5. The monoisotopic (exact) mass is 265 g/mol. The Morgan fingerprint density at radius 3 is 2.53 bits per heavy atom. The van der Waals surface area contributed by atoms with Gasteiger partial charge in [-0.2, -0.15) is 0 Å². The summed E-state index contributed by atoms with van der Waals surface area (Å²) < 4.78 is 33.6. The first-order valence-electron chi connectivity index (χ1n) is 5.95. The molecule has 0 saturated carbocycles. The van der Waals surface area contributed by atoms with Crippen LogP contribution in [0.4, 0.5) is 0 Å². The lowest BCUT2D eigenvalue weighted by atomic mass is 10.3. The van der Waals surface area contributed by atoms with E-state index in [1.54, 1.807) is 20.8 Å². The first-order chi connectivity index (χ1) is 7.83. The average molecular weight is 265 g/mol. The molecule has 0 radical (unpaired) electrons. The van der Waals surface area contributed by atoms with Gasteiger partial charge < -0.3 is 14.8 Å². The zero-order valence-electron chi connectivity index (χ0n) is 10.9. The Labute approximate surface area is 104 Å². The SMILES string of the molecule is CC(C)(C)S(=O)(=O)CCNCC1COCCO1. The molecule has 1 N–H and O–H groups in total. The zero-order valence-corrected chi connectivity index (χ0v) is 11.7. The molecular weight excluding hydrogens is 242 g/mol. The predicted molar refractivity (Wildman–Crippen MR) is 67.0 cm³/mol. The molecule has 0 bridgehead atoms. The van der Waals surface area contributed by atoms with E-state index in [4.69, 9.17) is 9.47 Å². The molecule has 1 aliphatic rings. The molecule has 0 aromatic rings. The molecule has 6 heteroatoms. The Kier molecular flexibility index (Phi) is 5.37. The standard InChI is InChI=1S/C11H23NO4S/c1-11(2,3)17(13,14)7-4-12-8-10-9-15-5-6-16-10/h10,12H,4-9H2,1-3H3. The summed E-state index contributed by atoms with van der Waals surface area (Å²) in [5, 5.41) is 3.10. The van der Waals surface area contributed by atoms with Crippen molar-refractivity contribution in [3.8, 4) is 0 Å². The summed E-state index contributed by atoms with van der Waals surface area (Å²) in [7, 11) is -3.04. The smallest absolute Gasteiger partial charge is 0.156 e. The molecule has 0 aromatic heterocycles. The molecule has 102 valence electrons. The van der Waals surface area contributed by atoms with E-state index in [-0.39, 0.29) is 11.9 Å². The van der Waals surface area contributed by atoms with Crippen molar-refractivity contribution in [1.82, 2.24) is 5.32 Å². The lowest BCUT2D eigenvalue weighted by Gasteiger charge is -2.24. The van der Waals surface area contributed by atoms with Gasteiger partial charge in [0.05, 0.1) is 36.4 Å². The van der Waals surface area contributed by atoms with Crippen molar-refractivity contribution >= 4 is 9.84 Å². The van der Waals surface area contributed by atoms with Crippen LogP contribution in [0.5, 0.6) is 0 Å². The van der Waals surface area contributed by atoms with E-state index in [1.807, 2.05) is 0 Å². The summed E-state index contributed by atoms with van der Waals surface area (Å²) in [5.74, 6) is 0.157. The summed E-state index contributed by atoms with van der Waals surface area (Å²) in [4.78, 5) is 0. The minimum absolute atomic E-state index is 0.0427. The molecule has 17 heavy (non-hydrogen) atoms. The summed E-state index contributed by atoms with van der Waals surface area (Å²) in [5.41, 5.74) is 0. The quantitative estimate of drug-likeness (QED) is 0.720. The van der Waals surface area contributed by atoms with Gasteiger partial charge >= 0.3 is 0 Å². The molecule has 1 saturated heterocycles. The van der Waals surface area contributed by atoms with Gasteiger partial charge in [-0.3, -0.25) is 0 Å². The molecule has 1 heterocycles. The van der Waals surface area contributed by atoms with Crippen LogP contribution in [0.1, 0.15) is 20.8 Å². The average Bonchev–Trinajstić information content (AvgIpc) is 2.24. The van der Waals surface area contributed by atoms with E-state index in [1.165, 1.54) is 0 Å². The van der Waals surface area contributed by atoms with Crippen LogP contribution in [0.15, 0.2) is 0 Å². The van der Waals surface area contributed by atoms with Gasteiger partial charge in [-0.15, -0.1) is 0 Å². The molecule has 0 aliphatic carbocycles. The summed E-state index contributed by atoms with van der Waals surface area (Å²) in [6.45, 7) is 8.11. The Hall–Kier alpha value is -0.170. The van der Waals surface area contributed by atoms with Crippen LogP contribution < -0.4 is 5.32 Å². The third kappa shape index (κ3) is 4.91. The number of hydrogen-bond donors (Lipinski definition) is 1. The van der Waals surface area contributed by atoms with Crippen molar-refractivity contribution in [1.29, 1.82) is 0 Å². The van der Waals surface area contributed by atoms with E-state index in [9.17, 15) is 8.42 Å². The maximum atomic E-state index is 11.8. The second-order valence-electron chi connectivity index (χ2n) is 5.20. The van der Waals surface area contributed by atoms with Crippen molar-refractivity contribution < 1.29 is 17.9 Å². The van der Waals surface area contributed by atoms with E-state index in [0.29, 0.717) is 32.9 Å². The summed E-state index contributed by atoms with van der Waals surface area (Å²) >= 11 is 0. The fourth-order valence-corrected chi connectivity index (χ4v) is 2.46. The second-order valence-corrected chi connectivity index (χ2v) is 8.07. The highest BCUT2D eigenvalue weighted by atomic mass is 32.2. The largest absolute Gasteiger partial charge is 0.376 e. The third-order valence-corrected chi connectivity index (χ3v) is 5.35. The van der Waals surface area contributed by atoms with Crippen molar-refractivity contribution in [2.24, 2.45) is 0 Å². The van der Waals surface area contributed by atoms with E-state index in [0.717, 1.165) is 0 Å². The zero-order chi connectivity index (χ0) is 12.9. The van der Waals surface area contributed by atoms with Crippen molar-refractivity contribution in [2.75, 3.05) is 38.7 Å². The fourth-order valence-electron chi connectivity index (χ4n) is 1.43. The minimum Gasteiger partial charge on any atom is -0.376 e. The Morgan fingerprint density at radius 2 is 2.00 bits per heavy atom. The minimum atomic E-state index is -3.04. The van der Waals surface area contributed by atoms with Crippen LogP contribution >= 0.6 is 0 Å². The summed E-state index contributed by atoms with van der Waals surface area (Å²) in [6, 6.07) is 0. The molecule has 0 aromatic carbocycles. The predicted octanol–water partition coefficient (Wildman–Crippen LogP) is 0.205. The van der Waals surface area contributed by atoms with Crippen LogP contribution in [0, 0.1) is 0 Å². The molecule has 0 spiro atoms. The van der Waals surface area contributed by atoms with Crippen LogP contribution in [-0.2, 0) is 19.3 Å². The highest BCUT2D eigenvalue weighted by Crippen LogP contribution is 2.15.